The third-order valence-electron chi connectivity index (χ3n) is 2.29. The van der Waals surface area contributed by atoms with Crippen molar-refractivity contribution in [1.82, 2.24) is 4.90 Å². The minimum absolute atomic E-state index is 0.0127. The van der Waals surface area contributed by atoms with Gasteiger partial charge in [-0.1, -0.05) is 0 Å². The van der Waals surface area contributed by atoms with E-state index < -0.39 is 16.8 Å². The minimum Gasteiger partial charge on any atom is -0.462 e. The Hall–Kier alpha value is -2.44. The summed E-state index contributed by atoms with van der Waals surface area (Å²) in [6, 6.07) is 3.50. The Bertz CT molecular complexity index is 525. The largest absolute Gasteiger partial charge is 0.462 e. The SMILES string of the molecule is CCOC(=O)c1cc(C(=O)N(C)C)cc([N+](=O)[O-])c1. The fourth-order valence-electron chi connectivity index (χ4n) is 1.43. The monoisotopic (exact) mass is 266 g/mol. The fraction of sp³-hybridized carbons (Fsp3) is 0.333. The Morgan fingerprint density at radius 2 is 1.84 bits per heavy atom. The van der Waals surface area contributed by atoms with Gasteiger partial charge in [-0.25, -0.2) is 4.79 Å². The van der Waals surface area contributed by atoms with Crippen molar-refractivity contribution in [2.75, 3.05) is 20.7 Å². The predicted molar refractivity (Wildman–Crippen MR) is 67.1 cm³/mol. The Morgan fingerprint density at radius 1 is 1.26 bits per heavy atom. The number of esters is 1. The Kier molecular flexibility index (Phi) is 4.57. The second-order valence-electron chi connectivity index (χ2n) is 3.95. The zero-order valence-electron chi connectivity index (χ0n) is 10.9. The van der Waals surface area contributed by atoms with E-state index in [1.54, 1.807) is 6.92 Å². The molecule has 0 fully saturated rings. The zero-order valence-corrected chi connectivity index (χ0v) is 10.9. The number of carbonyl (C=O) groups is 2. The molecule has 0 spiro atoms. The summed E-state index contributed by atoms with van der Waals surface area (Å²) in [6.45, 7) is 1.78. The number of nitrogens with zero attached hydrogens (tertiary/aromatic N) is 2. The first-order valence-electron chi connectivity index (χ1n) is 5.55. The molecule has 102 valence electrons. The molecule has 1 aromatic carbocycles. The number of hydrogen-bond acceptors (Lipinski definition) is 5. The molecular weight excluding hydrogens is 252 g/mol. The highest BCUT2D eigenvalue weighted by molar-refractivity contribution is 5.98. The molecule has 19 heavy (non-hydrogen) atoms. The van der Waals surface area contributed by atoms with Gasteiger partial charge in [0.1, 0.15) is 0 Å². The Balaban J connectivity index is 3.29. The topological polar surface area (TPSA) is 89.8 Å². The number of non-ortho nitro benzene ring substituents is 1. The van der Waals surface area contributed by atoms with E-state index in [1.807, 2.05) is 0 Å². The molecule has 1 rings (SSSR count). The number of ether oxygens (including phenoxy) is 1. The van der Waals surface area contributed by atoms with Crippen molar-refractivity contribution in [3.05, 3.63) is 39.4 Å². The highest BCUT2D eigenvalue weighted by Crippen LogP contribution is 2.19. The van der Waals surface area contributed by atoms with Crippen LogP contribution >= 0.6 is 0 Å². The maximum absolute atomic E-state index is 11.8. The number of rotatable bonds is 4. The molecule has 0 N–H and O–H groups in total. The standard InChI is InChI=1S/C12H14N2O5/c1-4-19-12(16)9-5-8(11(15)13(2)3)6-10(7-9)14(17)18/h5-7H,4H2,1-3H3. The highest BCUT2D eigenvalue weighted by atomic mass is 16.6. The first kappa shape index (κ1) is 14.6. The van der Waals surface area contributed by atoms with Gasteiger partial charge in [-0.05, 0) is 13.0 Å². The molecule has 0 aliphatic heterocycles. The van der Waals surface area contributed by atoms with Crippen LogP contribution in [0, 0.1) is 10.1 Å². The quantitative estimate of drug-likeness (QED) is 0.467. The molecule has 0 saturated heterocycles. The summed E-state index contributed by atoms with van der Waals surface area (Å²) in [4.78, 5) is 34.8. The summed E-state index contributed by atoms with van der Waals surface area (Å²) >= 11 is 0. The number of carbonyl (C=O) groups excluding carboxylic acids is 2. The van der Waals surface area contributed by atoms with E-state index in [2.05, 4.69) is 0 Å². The van der Waals surface area contributed by atoms with Crippen LogP contribution in [0.4, 0.5) is 5.69 Å². The molecule has 0 aromatic heterocycles. The number of nitro groups is 1. The molecule has 0 aliphatic rings. The van der Waals surface area contributed by atoms with Crippen LogP contribution in [-0.2, 0) is 4.74 Å². The van der Waals surface area contributed by atoms with E-state index in [-0.39, 0.29) is 23.4 Å². The van der Waals surface area contributed by atoms with E-state index in [9.17, 15) is 19.7 Å². The van der Waals surface area contributed by atoms with Crippen molar-refractivity contribution >= 4 is 17.6 Å². The molecule has 0 aliphatic carbocycles. The van der Waals surface area contributed by atoms with Gasteiger partial charge in [0.2, 0.25) is 0 Å². The summed E-state index contributed by atoms with van der Waals surface area (Å²) in [5, 5.41) is 10.8. The third kappa shape index (κ3) is 3.51. The van der Waals surface area contributed by atoms with Gasteiger partial charge in [-0.3, -0.25) is 14.9 Å². The lowest BCUT2D eigenvalue weighted by Crippen LogP contribution is -2.22. The molecule has 1 amide bonds. The molecule has 0 radical (unpaired) electrons. The van der Waals surface area contributed by atoms with Crippen LogP contribution in [0.1, 0.15) is 27.6 Å². The first-order valence-corrected chi connectivity index (χ1v) is 5.55. The van der Waals surface area contributed by atoms with Crippen LogP contribution in [0.5, 0.6) is 0 Å². The van der Waals surface area contributed by atoms with E-state index in [0.29, 0.717) is 0 Å². The molecule has 0 bridgehead atoms. The van der Waals surface area contributed by atoms with Crippen LogP contribution in [0.15, 0.2) is 18.2 Å². The molecule has 0 atom stereocenters. The molecule has 0 saturated carbocycles. The maximum Gasteiger partial charge on any atom is 0.338 e. The van der Waals surface area contributed by atoms with Crippen LogP contribution in [-0.4, -0.2) is 42.4 Å². The van der Waals surface area contributed by atoms with Crippen molar-refractivity contribution in [2.45, 2.75) is 6.92 Å². The summed E-state index contributed by atoms with van der Waals surface area (Å²) in [5.74, 6) is -1.12. The maximum atomic E-state index is 11.8. The molecule has 1 aromatic rings. The smallest absolute Gasteiger partial charge is 0.338 e. The van der Waals surface area contributed by atoms with Gasteiger partial charge < -0.3 is 9.64 Å². The van der Waals surface area contributed by atoms with Crippen molar-refractivity contribution in [2.24, 2.45) is 0 Å². The predicted octanol–water partition coefficient (Wildman–Crippen LogP) is 1.47. The van der Waals surface area contributed by atoms with Crippen LogP contribution in [0.3, 0.4) is 0 Å². The Morgan fingerprint density at radius 3 is 2.32 bits per heavy atom. The molecule has 7 heteroatoms. The lowest BCUT2D eigenvalue weighted by Gasteiger charge is -2.11. The number of nitro benzene ring substituents is 1. The van der Waals surface area contributed by atoms with Crippen LogP contribution < -0.4 is 0 Å². The molecule has 0 unspecified atom stereocenters. The van der Waals surface area contributed by atoms with E-state index in [1.165, 1.54) is 25.1 Å². The van der Waals surface area contributed by atoms with Gasteiger partial charge in [0.25, 0.3) is 11.6 Å². The van der Waals surface area contributed by atoms with E-state index in [4.69, 9.17) is 4.74 Å². The van der Waals surface area contributed by atoms with Crippen LogP contribution in [0.2, 0.25) is 0 Å². The van der Waals surface area contributed by atoms with Crippen LogP contribution in [0.25, 0.3) is 0 Å². The summed E-state index contributed by atoms with van der Waals surface area (Å²) in [5.41, 5.74) is -0.265. The number of amides is 1. The van der Waals surface area contributed by atoms with Crippen molar-refractivity contribution in [3.8, 4) is 0 Å². The summed E-state index contributed by atoms with van der Waals surface area (Å²) in [7, 11) is 3.04. The summed E-state index contributed by atoms with van der Waals surface area (Å²) in [6.07, 6.45) is 0. The molecular formula is C12H14N2O5. The summed E-state index contributed by atoms with van der Waals surface area (Å²) < 4.78 is 4.77. The van der Waals surface area contributed by atoms with Crippen molar-refractivity contribution in [1.29, 1.82) is 0 Å². The molecule has 7 nitrogen and oxygen atoms in total. The van der Waals surface area contributed by atoms with Crippen molar-refractivity contribution < 1.29 is 19.2 Å². The van der Waals surface area contributed by atoms with Gasteiger partial charge in [-0.15, -0.1) is 0 Å². The molecule has 0 heterocycles. The lowest BCUT2D eigenvalue weighted by atomic mass is 10.1. The average molecular weight is 266 g/mol. The van der Waals surface area contributed by atoms with Gasteiger partial charge >= 0.3 is 5.97 Å². The van der Waals surface area contributed by atoms with E-state index in [0.717, 1.165) is 12.1 Å². The minimum atomic E-state index is -0.695. The lowest BCUT2D eigenvalue weighted by molar-refractivity contribution is -0.384. The number of benzene rings is 1. The first-order chi connectivity index (χ1) is 8.86. The van der Waals surface area contributed by atoms with E-state index >= 15 is 0 Å². The van der Waals surface area contributed by atoms with Gasteiger partial charge in [0.05, 0.1) is 17.1 Å². The van der Waals surface area contributed by atoms with Crippen molar-refractivity contribution in [3.63, 3.8) is 0 Å². The normalized spacial score (nSPS) is 9.84. The third-order valence-corrected chi connectivity index (χ3v) is 2.29. The highest BCUT2D eigenvalue weighted by Gasteiger charge is 2.19. The Labute approximate surface area is 109 Å². The van der Waals surface area contributed by atoms with Gasteiger partial charge in [-0.2, -0.15) is 0 Å². The average Bonchev–Trinajstić information content (AvgIpc) is 2.37. The van der Waals surface area contributed by atoms with Gasteiger partial charge in [0.15, 0.2) is 0 Å². The second-order valence-corrected chi connectivity index (χ2v) is 3.95. The second kappa shape index (κ2) is 5.94. The van der Waals surface area contributed by atoms with Gasteiger partial charge in [0, 0.05) is 31.8 Å². The fourth-order valence-corrected chi connectivity index (χ4v) is 1.43. The zero-order chi connectivity index (χ0) is 14.6. The number of hydrogen-bond donors (Lipinski definition) is 0.